The van der Waals surface area contributed by atoms with Crippen molar-refractivity contribution >= 4 is 23.1 Å². The van der Waals surface area contributed by atoms with Crippen molar-refractivity contribution in [1.82, 2.24) is 9.97 Å². The van der Waals surface area contributed by atoms with Gasteiger partial charge in [-0.2, -0.15) is 0 Å². The highest BCUT2D eigenvalue weighted by Crippen LogP contribution is 2.20. The van der Waals surface area contributed by atoms with Gasteiger partial charge in [0, 0.05) is 5.69 Å². The van der Waals surface area contributed by atoms with Crippen LogP contribution in [0.4, 0.5) is 11.5 Å². The van der Waals surface area contributed by atoms with E-state index in [0.717, 1.165) is 11.4 Å². The summed E-state index contributed by atoms with van der Waals surface area (Å²) in [6.45, 7) is 3.99. The van der Waals surface area contributed by atoms with Crippen molar-refractivity contribution in [3.05, 3.63) is 41.8 Å². The average molecular weight is 264 g/mol. The second kappa shape index (κ2) is 5.69. The fourth-order valence-electron chi connectivity index (χ4n) is 1.44. The summed E-state index contributed by atoms with van der Waals surface area (Å²) in [6, 6.07) is 7.64. The fourth-order valence-corrected chi connectivity index (χ4v) is 1.59. The predicted octanol–water partition coefficient (Wildman–Crippen LogP) is 3.66. The molecule has 5 heteroatoms. The minimum Gasteiger partial charge on any atom is -0.491 e. The lowest BCUT2D eigenvalue weighted by molar-refractivity contribution is 0.242. The number of hydrogen-bond donors (Lipinski definition) is 1. The van der Waals surface area contributed by atoms with Crippen molar-refractivity contribution in [1.29, 1.82) is 0 Å². The SMILES string of the molecule is CC(C)Oc1ccc(Nc2cncc(Cl)n2)cc1. The predicted molar refractivity (Wildman–Crippen MR) is 72.5 cm³/mol. The Labute approximate surface area is 111 Å². The van der Waals surface area contributed by atoms with Crippen molar-refractivity contribution in [2.45, 2.75) is 20.0 Å². The number of ether oxygens (including phenoxy) is 1. The molecule has 0 amide bonds. The third-order valence-corrected chi connectivity index (χ3v) is 2.29. The van der Waals surface area contributed by atoms with Crippen LogP contribution in [0.3, 0.4) is 0 Å². The first-order valence-electron chi connectivity index (χ1n) is 5.65. The Balaban J connectivity index is 2.06. The molecular weight excluding hydrogens is 250 g/mol. The molecule has 0 spiro atoms. The topological polar surface area (TPSA) is 47.0 Å². The highest BCUT2D eigenvalue weighted by atomic mass is 35.5. The zero-order valence-electron chi connectivity index (χ0n) is 10.2. The van der Waals surface area contributed by atoms with Crippen LogP contribution in [0, 0.1) is 0 Å². The summed E-state index contributed by atoms with van der Waals surface area (Å²) in [5, 5.41) is 3.47. The van der Waals surface area contributed by atoms with Gasteiger partial charge < -0.3 is 10.1 Å². The fraction of sp³-hybridized carbons (Fsp3) is 0.231. The van der Waals surface area contributed by atoms with Crippen molar-refractivity contribution in [2.75, 3.05) is 5.32 Å². The van der Waals surface area contributed by atoms with Gasteiger partial charge in [-0.05, 0) is 38.1 Å². The molecule has 1 N–H and O–H groups in total. The van der Waals surface area contributed by atoms with Crippen molar-refractivity contribution in [3.8, 4) is 5.75 Å². The first kappa shape index (κ1) is 12.6. The molecule has 1 aromatic carbocycles. The van der Waals surface area contributed by atoms with Crippen LogP contribution >= 0.6 is 11.6 Å². The van der Waals surface area contributed by atoms with Crippen LogP contribution in [0.2, 0.25) is 5.15 Å². The highest BCUT2D eigenvalue weighted by Gasteiger charge is 2.00. The molecule has 0 aliphatic heterocycles. The number of aromatic nitrogens is 2. The minimum absolute atomic E-state index is 0.169. The van der Waals surface area contributed by atoms with E-state index < -0.39 is 0 Å². The molecular formula is C13H14ClN3O. The molecule has 1 heterocycles. The van der Waals surface area contributed by atoms with Gasteiger partial charge in [-0.3, -0.25) is 4.98 Å². The molecule has 18 heavy (non-hydrogen) atoms. The first-order valence-corrected chi connectivity index (χ1v) is 6.02. The van der Waals surface area contributed by atoms with Gasteiger partial charge in [0.15, 0.2) is 5.82 Å². The van der Waals surface area contributed by atoms with Gasteiger partial charge in [0.05, 0.1) is 18.5 Å². The summed E-state index contributed by atoms with van der Waals surface area (Å²) in [5.74, 6) is 1.45. The van der Waals surface area contributed by atoms with Crippen LogP contribution in [0.15, 0.2) is 36.7 Å². The Morgan fingerprint density at radius 1 is 1.17 bits per heavy atom. The highest BCUT2D eigenvalue weighted by molar-refractivity contribution is 6.29. The average Bonchev–Trinajstić information content (AvgIpc) is 2.31. The molecule has 2 aromatic rings. The molecule has 0 radical (unpaired) electrons. The van der Waals surface area contributed by atoms with E-state index in [0.29, 0.717) is 11.0 Å². The van der Waals surface area contributed by atoms with Crippen molar-refractivity contribution in [2.24, 2.45) is 0 Å². The van der Waals surface area contributed by atoms with E-state index >= 15 is 0 Å². The molecule has 0 aliphatic rings. The smallest absolute Gasteiger partial charge is 0.150 e. The van der Waals surface area contributed by atoms with Crippen molar-refractivity contribution < 1.29 is 4.74 Å². The van der Waals surface area contributed by atoms with E-state index in [-0.39, 0.29) is 6.10 Å². The monoisotopic (exact) mass is 263 g/mol. The van der Waals surface area contributed by atoms with Gasteiger partial charge in [0.1, 0.15) is 10.9 Å². The standard InChI is InChI=1S/C13H14ClN3O/c1-9(2)18-11-5-3-10(4-6-11)16-13-8-15-7-12(14)17-13/h3-9H,1-2H3,(H,16,17). The second-order valence-corrected chi connectivity index (χ2v) is 4.43. The molecule has 1 aromatic heterocycles. The van der Waals surface area contributed by atoms with Gasteiger partial charge >= 0.3 is 0 Å². The van der Waals surface area contributed by atoms with Gasteiger partial charge in [0.25, 0.3) is 0 Å². The maximum absolute atomic E-state index is 5.76. The summed E-state index contributed by atoms with van der Waals surface area (Å²) in [7, 11) is 0. The van der Waals surface area contributed by atoms with Crippen LogP contribution in [0.5, 0.6) is 5.75 Å². The van der Waals surface area contributed by atoms with E-state index in [1.165, 1.54) is 6.20 Å². The third-order valence-electron chi connectivity index (χ3n) is 2.10. The van der Waals surface area contributed by atoms with Crippen LogP contribution in [0.1, 0.15) is 13.8 Å². The molecule has 94 valence electrons. The van der Waals surface area contributed by atoms with E-state index in [1.54, 1.807) is 6.20 Å². The number of nitrogens with one attached hydrogen (secondary N) is 1. The molecule has 0 aliphatic carbocycles. The Bertz CT molecular complexity index is 514. The lowest BCUT2D eigenvalue weighted by Crippen LogP contribution is -2.05. The van der Waals surface area contributed by atoms with Gasteiger partial charge in [-0.15, -0.1) is 0 Å². The third kappa shape index (κ3) is 3.60. The van der Waals surface area contributed by atoms with Crippen LogP contribution < -0.4 is 10.1 Å². The molecule has 0 saturated carbocycles. The summed E-state index contributed by atoms with van der Waals surface area (Å²) >= 11 is 5.76. The normalized spacial score (nSPS) is 10.4. The van der Waals surface area contributed by atoms with Gasteiger partial charge in [0.2, 0.25) is 0 Å². The van der Waals surface area contributed by atoms with E-state index in [4.69, 9.17) is 16.3 Å². The Hall–Kier alpha value is -1.81. The molecule has 0 bridgehead atoms. The Kier molecular flexibility index (Phi) is 3.99. The van der Waals surface area contributed by atoms with Crippen LogP contribution in [-0.4, -0.2) is 16.1 Å². The summed E-state index contributed by atoms with van der Waals surface area (Å²) in [4.78, 5) is 8.06. The lowest BCUT2D eigenvalue weighted by Gasteiger charge is -2.10. The molecule has 0 atom stereocenters. The number of nitrogens with zero attached hydrogens (tertiary/aromatic N) is 2. The first-order chi connectivity index (χ1) is 8.63. The molecule has 0 unspecified atom stereocenters. The van der Waals surface area contributed by atoms with E-state index in [9.17, 15) is 0 Å². The number of halogens is 1. The largest absolute Gasteiger partial charge is 0.491 e. The molecule has 0 fully saturated rings. The van der Waals surface area contributed by atoms with Crippen LogP contribution in [-0.2, 0) is 0 Å². The molecule has 2 rings (SSSR count). The zero-order valence-corrected chi connectivity index (χ0v) is 11.0. The summed E-state index contributed by atoms with van der Waals surface area (Å²) in [6.07, 6.45) is 3.28. The van der Waals surface area contributed by atoms with E-state index in [1.807, 2.05) is 38.1 Å². The zero-order chi connectivity index (χ0) is 13.0. The molecule has 0 saturated heterocycles. The number of anilines is 2. The van der Waals surface area contributed by atoms with Gasteiger partial charge in [-0.25, -0.2) is 4.98 Å². The lowest BCUT2D eigenvalue weighted by atomic mass is 10.3. The maximum Gasteiger partial charge on any atom is 0.150 e. The Morgan fingerprint density at radius 3 is 2.50 bits per heavy atom. The van der Waals surface area contributed by atoms with Crippen molar-refractivity contribution in [3.63, 3.8) is 0 Å². The second-order valence-electron chi connectivity index (χ2n) is 4.04. The summed E-state index contributed by atoms with van der Waals surface area (Å²) in [5.41, 5.74) is 0.905. The number of benzene rings is 1. The quantitative estimate of drug-likeness (QED) is 0.914. The summed E-state index contributed by atoms with van der Waals surface area (Å²) < 4.78 is 5.56. The number of hydrogen-bond acceptors (Lipinski definition) is 4. The van der Waals surface area contributed by atoms with E-state index in [2.05, 4.69) is 15.3 Å². The van der Waals surface area contributed by atoms with Crippen LogP contribution in [0.25, 0.3) is 0 Å². The molecule has 4 nitrogen and oxygen atoms in total. The Morgan fingerprint density at radius 2 is 1.89 bits per heavy atom. The maximum atomic E-state index is 5.76. The minimum atomic E-state index is 0.169. The number of rotatable bonds is 4. The van der Waals surface area contributed by atoms with Gasteiger partial charge in [-0.1, -0.05) is 11.6 Å².